The fraction of sp³-hybridized carbons (Fsp3) is 0.188. The number of carbonyl (C=O) groups is 1. The number of carbonyl (C=O) groups excluding carboxylic acids is 1. The zero-order valence-electron chi connectivity index (χ0n) is 12.6. The van der Waals surface area contributed by atoms with Gasteiger partial charge in [0.2, 0.25) is 0 Å². The molecule has 0 aliphatic carbocycles. The van der Waals surface area contributed by atoms with Crippen molar-refractivity contribution in [1.82, 2.24) is 0 Å². The number of aliphatic hydroxyl groups is 1. The Bertz CT molecular complexity index is 770. The fourth-order valence-corrected chi connectivity index (χ4v) is 2.35. The van der Waals surface area contributed by atoms with Crippen molar-refractivity contribution >= 4 is 27.5 Å². The highest BCUT2D eigenvalue weighted by Gasteiger charge is 2.71. The van der Waals surface area contributed by atoms with E-state index in [-0.39, 0.29) is 11.3 Å². The minimum atomic E-state index is -5.96. The van der Waals surface area contributed by atoms with E-state index in [4.69, 9.17) is 0 Å². The average molecular weight is 442 g/mol. The van der Waals surface area contributed by atoms with Crippen molar-refractivity contribution in [2.24, 2.45) is 0 Å². The SMILES string of the molecule is O=C(Nc1ccc(C(O)(C(F)(F)F)C(F)(F)F)cc1)c1ccc(Br)cc1. The Balaban J connectivity index is 2.27. The van der Waals surface area contributed by atoms with Gasteiger partial charge in [0.05, 0.1) is 0 Å². The summed E-state index contributed by atoms with van der Waals surface area (Å²) in [5.74, 6) is -0.604. The Morgan fingerprint density at radius 1 is 0.846 bits per heavy atom. The molecular weight excluding hydrogens is 432 g/mol. The van der Waals surface area contributed by atoms with Crippen LogP contribution in [-0.2, 0) is 5.60 Å². The second kappa shape index (κ2) is 6.92. The van der Waals surface area contributed by atoms with E-state index in [9.17, 15) is 36.2 Å². The minimum absolute atomic E-state index is 0.0339. The molecule has 2 aromatic rings. The number of alkyl halides is 6. The maximum atomic E-state index is 12.8. The lowest BCUT2D eigenvalue weighted by Gasteiger charge is -2.32. The molecule has 0 saturated carbocycles. The minimum Gasteiger partial charge on any atom is -0.369 e. The molecule has 2 rings (SSSR count). The summed E-state index contributed by atoms with van der Waals surface area (Å²) in [5, 5.41) is 11.6. The first-order valence-electron chi connectivity index (χ1n) is 6.89. The molecule has 0 spiro atoms. The molecule has 3 nitrogen and oxygen atoms in total. The van der Waals surface area contributed by atoms with Crippen molar-refractivity contribution in [2.75, 3.05) is 5.32 Å². The van der Waals surface area contributed by atoms with Crippen molar-refractivity contribution in [3.05, 3.63) is 64.1 Å². The van der Waals surface area contributed by atoms with E-state index in [2.05, 4.69) is 21.2 Å². The van der Waals surface area contributed by atoms with E-state index in [1.807, 2.05) is 0 Å². The topological polar surface area (TPSA) is 49.3 Å². The van der Waals surface area contributed by atoms with Crippen molar-refractivity contribution in [2.45, 2.75) is 18.0 Å². The van der Waals surface area contributed by atoms with Crippen molar-refractivity contribution in [3.63, 3.8) is 0 Å². The van der Waals surface area contributed by atoms with Gasteiger partial charge in [0.1, 0.15) is 0 Å². The number of hydrogen-bond acceptors (Lipinski definition) is 2. The highest BCUT2D eigenvalue weighted by atomic mass is 79.9. The van der Waals surface area contributed by atoms with Gasteiger partial charge in [-0.15, -0.1) is 0 Å². The highest BCUT2D eigenvalue weighted by molar-refractivity contribution is 9.10. The van der Waals surface area contributed by atoms with Gasteiger partial charge in [0, 0.05) is 21.3 Å². The van der Waals surface area contributed by atoms with Crippen LogP contribution in [0.4, 0.5) is 32.0 Å². The molecular formula is C16H10BrF6NO2. The average Bonchev–Trinajstić information content (AvgIpc) is 2.53. The molecule has 0 unspecified atom stereocenters. The van der Waals surface area contributed by atoms with Crippen LogP contribution in [0.2, 0.25) is 0 Å². The van der Waals surface area contributed by atoms with Gasteiger partial charge in [0.25, 0.3) is 11.5 Å². The first-order chi connectivity index (χ1) is 11.9. The summed E-state index contributed by atoms with van der Waals surface area (Å²) in [4.78, 5) is 12.0. The summed E-state index contributed by atoms with van der Waals surface area (Å²) in [6.07, 6.45) is -11.9. The molecule has 0 aliphatic rings. The summed E-state index contributed by atoms with van der Waals surface area (Å²) in [5.41, 5.74) is -6.21. The summed E-state index contributed by atoms with van der Waals surface area (Å²) >= 11 is 3.18. The summed E-state index contributed by atoms with van der Waals surface area (Å²) in [6.45, 7) is 0. The van der Waals surface area contributed by atoms with E-state index < -0.39 is 29.4 Å². The molecule has 0 saturated heterocycles. The van der Waals surface area contributed by atoms with Gasteiger partial charge in [-0.3, -0.25) is 4.79 Å². The first-order valence-corrected chi connectivity index (χ1v) is 7.69. The van der Waals surface area contributed by atoms with Gasteiger partial charge >= 0.3 is 12.4 Å². The number of halogens is 7. The fourth-order valence-electron chi connectivity index (χ4n) is 2.09. The summed E-state index contributed by atoms with van der Waals surface area (Å²) in [7, 11) is 0. The molecule has 26 heavy (non-hydrogen) atoms. The van der Waals surface area contributed by atoms with Crippen molar-refractivity contribution in [3.8, 4) is 0 Å². The number of benzene rings is 2. The molecule has 0 bridgehead atoms. The van der Waals surface area contributed by atoms with Crippen LogP contribution in [0.3, 0.4) is 0 Å². The lowest BCUT2D eigenvalue weighted by atomic mass is 9.92. The van der Waals surface area contributed by atoms with Crippen LogP contribution in [0.25, 0.3) is 0 Å². The number of nitrogens with one attached hydrogen (secondary N) is 1. The van der Waals surface area contributed by atoms with Crippen LogP contribution in [-0.4, -0.2) is 23.4 Å². The molecule has 0 heterocycles. The lowest BCUT2D eigenvalue weighted by molar-refractivity contribution is -0.376. The van der Waals surface area contributed by atoms with Gasteiger partial charge in [-0.2, -0.15) is 26.3 Å². The molecule has 0 fully saturated rings. The molecule has 0 atom stereocenters. The van der Waals surface area contributed by atoms with E-state index in [0.29, 0.717) is 12.1 Å². The van der Waals surface area contributed by atoms with Crippen LogP contribution in [0.1, 0.15) is 15.9 Å². The van der Waals surface area contributed by atoms with Crippen LogP contribution in [0.5, 0.6) is 0 Å². The molecule has 0 aliphatic heterocycles. The van der Waals surface area contributed by atoms with Gasteiger partial charge in [-0.25, -0.2) is 0 Å². The Kier molecular flexibility index (Phi) is 5.39. The van der Waals surface area contributed by atoms with E-state index in [1.165, 1.54) is 12.1 Å². The number of amides is 1. The number of hydrogen-bond donors (Lipinski definition) is 2. The van der Waals surface area contributed by atoms with E-state index in [1.54, 1.807) is 12.1 Å². The molecule has 2 aromatic carbocycles. The second-order valence-corrected chi connectivity index (χ2v) is 6.16. The molecule has 0 aromatic heterocycles. The Labute approximate surface area is 151 Å². The first kappa shape index (κ1) is 20.2. The predicted molar refractivity (Wildman–Crippen MR) is 84.5 cm³/mol. The second-order valence-electron chi connectivity index (χ2n) is 5.24. The Morgan fingerprint density at radius 2 is 1.31 bits per heavy atom. The third-order valence-electron chi connectivity index (χ3n) is 3.49. The number of anilines is 1. The van der Waals surface area contributed by atoms with Crippen molar-refractivity contribution in [1.29, 1.82) is 0 Å². The predicted octanol–water partition coefficient (Wildman–Crippen LogP) is 5.01. The highest BCUT2D eigenvalue weighted by Crippen LogP contribution is 2.50. The molecule has 1 amide bonds. The normalized spacial score (nSPS) is 12.8. The molecule has 2 N–H and O–H groups in total. The lowest BCUT2D eigenvalue weighted by Crippen LogP contribution is -2.53. The zero-order valence-corrected chi connectivity index (χ0v) is 14.2. The maximum absolute atomic E-state index is 12.8. The van der Waals surface area contributed by atoms with Crippen LogP contribution < -0.4 is 5.32 Å². The third-order valence-corrected chi connectivity index (χ3v) is 4.02. The standard InChI is InChI=1S/C16H10BrF6NO2/c17-11-5-1-9(2-6-11)13(25)24-12-7-3-10(4-8-12)14(26,15(18,19)20)16(21,22)23/h1-8,26H,(H,24,25). The van der Waals surface area contributed by atoms with E-state index >= 15 is 0 Å². The Morgan fingerprint density at radius 3 is 1.73 bits per heavy atom. The number of rotatable bonds is 3. The zero-order chi connectivity index (χ0) is 19.8. The van der Waals surface area contributed by atoms with Crippen LogP contribution in [0.15, 0.2) is 53.0 Å². The van der Waals surface area contributed by atoms with Gasteiger partial charge in [-0.1, -0.05) is 28.1 Å². The van der Waals surface area contributed by atoms with Crippen LogP contribution in [0, 0.1) is 0 Å². The summed E-state index contributed by atoms with van der Waals surface area (Å²) < 4.78 is 77.6. The molecule has 0 radical (unpaired) electrons. The van der Waals surface area contributed by atoms with E-state index in [0.717, 1.165) is 16.6 Å². The van der Waals surface area contributed by atoms with Gasteiger partial charge in [0.15, 0.2) is 0 Å². The van der Waals surface area contributed by atoms with Crippen molar-refractivity contribution < 1.29 is 36.2 Å². The largest absolute Gasteiger partial charge is 0.430 e. The van der Waals surface area contributed by atoms with Gasteiger partial charge in [-0.05, 0) is 36.4 Å². The molecule has 140 valence electrons. The quantitative estimate of drug-likeness (QED) is 0.657. The Hall–Kier alpha value is -2.07. The maximum Gasteiger partial charge on any atom is 0.430 e. The monoisotopic (exact) mass is 441 g/mol. The smallest absolute Gasteiger partial charge is 0.369 e. The summed E-state index contributed by atoms with van der Waals surface area (Å²) in [6, 6.07) is 8.72. The molecule has 10 heteroatoms. The van der Waals surface area contributed by atoms with Crippen LogP contribution >= 0.6 is 15.9 Å². The third kappa shape index (κ3) is 3.85. The van der Waals surface area contributed by atoms with Gasteiger partial charge < -0.3 is 10.4 Å².